The molecule has 2 aromatic carbocycles. The van der Waals surface area contributed by atoms with Crippen molar-refractivity contribution in [1.29, 1.82) is 0 Å². The maximum absolute atomic E-state index is 6.01. The number of aromatic amines is 1. The van der Waals surface area contributed by atoms with Crippen LogP contribution in [-0.4, -0.2) is 17.3 Å². The van der Waals surface area contributed by atoms with E-state index in [0.29, 0.717) is 5.69 Å². The Labute approximate surface area is 111 Å². The van der Waals surface area contributed by atoms with Crippen LogP contribution in [0.25, 0.3) is 22.0 Å². The second-order valence-electron chi connectivity index (χ2n) is 4.54. The van der Waals surface area contributed by atoms with Crippen LogP contribution in [0.4, 0.5) is 5.69 Å². The number of hydrogen-bond donors (Lipinski definition) is 2. The number of H-pyrrole nitrogens is 1. The molecule has 0 aliphatic carbocycles. The van der Waals surface area contributed by atoms with Gasteiger partial charge in [-0.1, -0.05) is 18.2 Å². The van der Waals surface area contributed by atoms with Crippen LogP contribution in [0.5, 0.6) is 5.75 Å². The Hall–Kier alpha value is -2.49. The molecular weight excluding hydrogens is 238 g/mol. The lowest BCUT2D eigenvalue weighted by Gasteiger charge is -2.05. The fraction of sp³-hybridized carbons (Fsp3) is 0.133. The van der Waals surface area contributed by atoms with Crippen molar-refractivity contribution in [1.82, 2.24) is 10.2 Å². The summed E-state index contributed by atoms with van der Waals surface area (Å²) >= 11 is 0. The highest BCUT2D eigenvalue weighted by atomic mass is 16.5. The van der Waals surface area contributed by atoms with Gasteiger partial charge in [-0.3, -0.25) is 5.10 Å². The van der Waals surface area contributed by atoms with Crippen LogP contribution >= 0.6 is 0 Å². The molecule has 3 aromatic rings. The van der Waals surface area contributed by atoms with Crippen molar-refractivity contribution >= 4 is 16.5 Å². The summed E-state index contributed by atoms with van der Waals surface area (Å²) in [6.07, 6.45) is 0. The van der Waals surface area contributed by atoms with Gasteiger partial charge in [0.05, 0.1) is 18.5 Å². The molecule has 96 valence electrons. The Kier molecular flexibility index (Phi) is 2.63. The van der Waals surface area contributed by atoms with Gasteiger partial charge < -0.3 is 10.5 Å². The Balaban J connectivity index is 2.14. The highest BCUT2D eigenvalue weighted by Gasteiger charge is 2.09. The molecular formula is C15H15N3O. The average molecular weight is 253 g/mol. The Bertz CT molecular complexity index is 746. The van der Waals surface area contributed by atoms with Gasteiger partial charge in [0, 0.05) is 5.56 Å². The molecule has 0 atom stereocenters. The number of methoxy groups -OCH3 is 1. The molecule has 0 aliphatic rings. The summed E-state index contributed by atoms with van der Waals surface area (Å²) in [6.45, 7) is 1.91. The van der Waals surface area contributed by atoms with Crippen LogP contribution in [0.1, 0.15) is 5.69 Å². The monoisotopic (exact) mass is 253 g/mol. The third-order valence-corrected chi connectivity index (χ3v) is 3.32. The number of aromatic nitrogens is 2. The quantitative estimate of drug-likeness (QED) is 0.737. The van der Waals surface area contributed by atoms with E-state index < -0.39 is 0 Å². The summed E-state index contributed by atoms with van der Waals surface area (Å²) in [5.41, 5.74) is 9.42. The maximum Gasteiger partial charge on any atom is 0.119 e. The summed E-state index contributed by atoms with van der Waals surface area (Å²) in [5.74, 6) is 0.857. The largest absolute Gasteiger partial charge is 0.497 e. The van der Waals surface area contributed by atoms with Gasteiger partial charge in [-0.05, 0) is 35.9 Å². The fourth-order valence-corrected chi connectivity index (χ4v) is 2.16. The minimum Gasteiger partial charge on any atom is -0.497 e. The number of benzene rings is 2. The molecule has 1 aromatic heterocycles. The van der Waals surface area contributed by atoms with E-state index in [1.165, 1.54) is 0 Å². The van der Waals surface area contributed by atoms with Crippen molar-refractivity contribution in [2.24, 2.45) is 0 Å². The topological polar surface area (TPSA) is 63.9 Å². The number of nitrogen functional groups attached to an aromatic ring is 1. The predicted octanol–water partition coefficient (Wildman–Crippen LogP) is 3.13. The van der Waals surface area contributed by atoms with Gasteiger partial charge in [0.2, 0.25) is 0 Å². The molecule has 0 spiro atoms. The molecule has 0 unspecified atom stereocenters. The molecule has 0 saturated carbocycles. The average Bonchev–Trinajstić information content (AvgIpc) is 2.78. The summed E-state index contributed by atoms with van der Waals surface area (Å²) in [5, 5.41) is 9.43. The first-order valence-electron chi connectivity index (χ1n) is 6.07. The number of nitrogens with zero attached hydrogens (tertiary/aromatic N) is 1. The fourth-order valence-electron chi connectivity index (χ4n) is 2.16. The Morgan fingerprint density at radius 3 is 2.53 bits per heavy atom. The highest BCUT2D eigenvalue weighted by Crippen LogP contribution is 2.29. The van der Waals surface area contributed by atoms with Crippen LogP contribution < -0.4 is 10.5 Å². The first-order chi connectivity index (χ1) is 9.19. The first kappa shape index (κ1) is 11.6. The third-order valence-electron chi connectivity index (χ3n) is 3.32. The van der Waals surface area contributed by atoms with E-state index in [-0.39, 0.29) is 0 Å². The van der Waals surface area contributed by atoms with Crippen molar-refractivity contribution in [3.8, 4) is 17.0 Å². The van der Waals surface area contributed by atoms with E-state index in [1.807, 2.05) is 31.2 Å². The van der Waals surface area contributed by atoms with E-state index in [9.17, 15) is 0 Å². The van der Waals surface area contributed by atoms with Gasteiger partial charge in [-0.2, -0.15) is 5.10 Å². The van der Waals surface area contributed by atoms with E-state index in [2.05, 4.69) is 22.3 Å². The van der Waals surface area contributed by atoms with E-state index >= 15 is 0 Å². The summed E-state index contributed by atoms with van der Waals surface area (Å²) in [7, 11) is 1.67. The van der Waals surface area contributed by atoms with E-state index in [4.69, 9.17) is 10.5 Å². The van der Waals surface area contributed by atoms with Crippen LogP contribution in [-0.2, 0) is 0 Å². The lowest BCUT2D eigenvalue weighted by atomic mass is 10.0. The van der Waals surface area contributed by atoms with Crippen molar-refractivity contribution in [3.05, 3.63) is 42.1 Å². The predicted molar refractivity (Wildman–Crippen MR) is 77.2 cm³/mol. The zero-order valence-electron chi connectivity index (χ0n) is 10.9. The van der Waals surface area contributed by atoms with Gasteiger partial charge in [-0.25, -0.2) is 0 Å². The minimum absolute atomic E-state index is 0.702. The van der Waals surface area contributed by atoms with Crippen molar-refractivity contribution in [2.45, 2.75) is 6.92 Å². The maximum atomic E-state index is 6.01. The number of fused-ring (bicyclic) bond motifs is 1. The molecule has 0 radical (unpaired) electrons. The van der Waals surface area contributed by atoms with Crippen LogP contribution in [0.2, 0.25) is 0 Å². The van der Waals surface area contributed by atoms with Gasteiger partial charge >= 0.3 is 0 Å². The second-order valence-corrected chi connectivity index (χ2v) is 4.54. The second kappa shape index (κ2) is 4.31. The van der Waals surface area contributed by atoms with Crippen LogP contribution in [0.15, 0.2) is 36.4 Å². The highest BCUT2D eigenvalue weighted by molar-refractivity contribution is 5.89. The van der Waals surface area contributed by atoms with Crippen LogP contribution in [0.3, 0.4) is 0 Å². The minimum atomic E-state index is 0.702. The molecule has 0 saturated heterocycles. The van der Waals surface area contributed by atoms with Crippen molar-refractivity contribution in [2.75, 3.05) is 12.8 Å². The van der Waals surface area contributed by atoms with Crippen molar-refractivity contribution in [3.63, 3.8) is 0 Å². The number of anilines is 1. The van der Waals surface area contributed by atoms with Crippen LogP contribution in [0, 0.1) is 6.92 Å². The number of rotatable bonds is 2. The van der Waals surface area contributed by atoms with Gasteiger partial charge in [0.15, 0.2) is 0 Å². The molecule has 4 heteroatoms. The number of nitrogens with two attached hydrogens (primary N) is 1. The molecule has 1 heterocycles. The van der Waals surface area contributed by atoms with Gasteiger partial charge in [0.1, 0.15) is 11.4 Å². The van der Waals surface area contributed by atoms with Gasteiger partial charge in [-0.15, -0.1) is 0 Å². The Morgan fingerprint density at radius 2 is 1.84 bits per heavy atom. The van der Waals surface area contributed by atoms with Gasteiger partial charge in [0.25, 0.3) is 0 Å². The summed E-state index contributed by atoms with van der Waals surface area (Å²) < 4.78 is 5.22. The lowest BCUT2D eigenvalue weighted by molar-refractivity contribution is 0.415. The normalized spacial score (nSPS) is 10.8. The van der Waals surface area contributed by atoms with Crippen molar-refractivity contribution < 1.29 is 4.74 Å². The molecule has 3 N–H and O–H groups in total. The molecule has 0 aliphatic heterocycles. The number of ether oxygens (including phenoxy) is 1. The smallest absolute Gasteiger partial charge is 0.119 e. The molecule has 3 rings (SSSR count). The SMILES string of the molecule is COc1ccc2cc(-c3n[nH]c(C)c3N)ccc2c1. The molecule has 0 bridgehead atoms. The molecule has 0 amide bonds. The zero-order valence-corrected chi connectivity index (χ0v) is 10.9. The lowest BCUT2D eigenvalue weighted by Crippen LogP contribution is -1.89. The Morgan fingerprint density at radius 1 is 1.11 bits per heavy atom. The summed E-state index contributed by atoms with van der Waals surface area (Å²) in [6, 6.07) is 12.2. The van der Waals surface area contributed by atoms with E-state index in [1.54, 1.807) is 7.11 Å². The molecule has 19 heavy (non-hydrogen) atoms. The third kappa shape index (κ3) is 1.91. The number of aryl methyl sites for hydroxylation is 1. The zero-order chi connectivity index (χ0) is 13.4. The molecule has 4 nitrogen and oxygen atoms in total. The number of nitrogens with one attached hydrogen (secondary N) is 1. The summed E-state index contributed by atoms with van der Waals surface area (Å²) in [4.78, 5) is 0. The molecule has 0 fully saturated rings. The van der Waals surface area contributed by atoms with E-state index in [0.717, 1.165) is 33.5 Å². The first-order valence-corrected chi connectivity index (χ1v) is 6.07. The standard InChI is InChI=1S/C15H15N3O/c1-9-14(16)15(18-17-9)12-4-3-11-8-13(19-2)6-5-10(11)7-12/h3-8H,16H2,1-2H3,(H,17,18). The number of hydrogen-bond acceptors (Lipinski definition) is 3.